The summed E-state index contributed by atoms with van der Waals surface area (Å²) in [6, 6.07) is 8.37. The third-order valence-corrected chi connectivity index (χ3v) is 7.28. The van der Waals surface area contributed by atoms with Gasteiger partial charge >= 0.3 is 0 Å². The second-order valence-corrected chi connectivity index (χ2v) is 9.98. The average Bonchev–Trinajstić information content (AvgIpc) is 2.83. The van der Waals surface area contributed by atoms with Gasteiger partial charge in [0.2, 0.25) is 15.9 Å². The van der Waals surface area contributed by atoms with E-state index in [0.717, 1.165) is 12.1 Å². The van der Waals surface area contributed by atoms with E-state index in [-0.39, 0.29) is 40.9 Å². The Morgan fingerprint density at radius 2 is 1.74 bits per heavy atom. The fourth-order valence-electron chi connectivity index (χ4n) is 3.46. The minimum atomic E-state index is -3.88. The molecule has 0 radical (unpaired) electrons. The molecule has 2 aromatic rings. The summed E-state index contributed by atoms with van der Waals surface area (Å²) in [5, 5.41) is 5.33. The molecule has 1 fully saturated rings. The van der Waals surface area contributed by atoms with Crippen LogP contribution in [0, 0.1) is 11.7 Å². The molecule has 1 atom stereocenters. The van der Waals surface area contributed by atoms with Gasteiger partial charge in [-0.3, -0.25) is 9.59 Å². The summed E-state index contributed by atoms with van der Waals surface area (Å²) in [4.78, 5) is 25.5. The first-order chi connectivity index (χ1) is 16.1. The number of carbonyl (C=O) groups is 2. The van der Waals surface area contributed by atoms with Gasteiger partial charge in [0.15, 0.2) is 0 Å². The molecular weight excluding hydrogens is 465 g/mol. The monoisotopic (exact) mass is 493 g/mol. The average molecular weight is 494 g/mol. The van der Waals surface area contributed by atoms with Crippen LogP contribution in [0.3, 0.4) is 0 Å². The fraction of sp³-hybridized carbons (Fsp3) is 0.391. The van der Waals surface area contributed by atoms with Crippen molar-refractivity contribution in [1.82, 2.24) is 9.62 Å². The van der Waals surface area contributed by atoms with Gasteiger partial charge < -0.3 is 20.1 Å². The molecule has 0 bridgehead atoms. The standard InChI is InChI=1S/C23H28FN3O6S/c1-15(2)21(26-22(28)16-4-6-17(24)7-5-16)23(29)25-18-8-9-19(32-3)20(14-18)34(30,31)27-10-12-33-13-11-27/h4-9,14-15,21H,10-13H2,1-3H3,(H,25,29)(H,26,28)/t21-/m1/s1. The van der Waals surface area contributed by atoms with Crippen LogP contribution in [0.4, 0.5) is 10.1 Å². The summed E-state index contributed by atoms with van der Waals surface area (Å²) in [7, 11) is -2.51. The Bertz CT molecular complexity index is 1130. The quantitative estimate of drug-likeness (QED) is 0.583. The fourth-order valence-corrected chi connectivity index (χ4v) is 5.05. The van der Waals surface area contributed by atoms with Crippen molar-refractivity contribution in [3.63, 3.8) is 0 Å². The highest BCUT2D eigenvalue weighted by molar-refractivity contribution is 7.89. The Morgan fingerprint density at radius 1 is 1.09 bits per heavy atom. The van der Waals surface area contributed by atoms with Gasteiger partial charge in [-0.25, -0.2) is 12.8 Å². The molecule has 1 aliphatic heterocycles. The van der Waals surface area contributed by atoms with Gasteiger partial charge in [0, 0.05) is 24.3 Å². The maximum atomic E-state index is 13.2. The molecule has 9 nitrogen and oxygen atoms in total. The summed E-state index contributed by atoms with van der Waals surface area (Å²) in [5.41, 5.74) is 0.447. The number of hydrogen-bond acceptors (Lipinski definition) is 6. The molecule has 0 aromatic heterocycles. The number of halogens is 1. The highest BCUT2D eigenvalue weighted by Crippen LogP contribution is 2.30. The molecule has 3 rings (SSSR count). The highest BCUT2D eigenvalue weighted by Gasteiger charge is 2.30. The zero-order valence-corrected chi connectivity index (χ0v) is 20.0. The number of nitrogens with zero attached hydrogens (tertiary/aromatic N) is 1. The van der Waals surface area contributed by atoms with Gasteiger partial charge in [-0.15, -0.1) is 0 Å². The van der Waals surface area contributed by atoms with Crippen molar-refractivity contribution < 1.29 is 31.9 Å². The van der Waals surface area contributed by atoms with Crippen molar-refractivity contribution in [2.24, 2.45) is 5.92 Å². The third kappa shape index (κ3) is 5.91. The molecule has 0 saturated carbocycles. The summed E-state index contributed by atoms with van der Waals surface area (Å²) < 4.78 is 51.3. The topological polar surface area (TPSA) is 114 Å². The van der Waals surface area contributed by atoms with E-state index in [9.17, 15) is 22.4 Å². The molecule has 1 aliphatic rings. The predicted octanol–water partition coefficient (Wildman–Crippen LogP) is 2.25. The molecule has 184 valence electrons. The lowest BCUT2D eigenvalue weighted by molar-refractivity contribution is -0.118. The van der Waals surface area contributed by atoms with Crippen molar-refractivity contribution in [2.75, 3.05) is 38.7 Å². The van der Waals surface area contributed by atoms with Crippen LogP contribution < -0.4 is 15.4 Å². The molecular formula is C23H28FN3O6S. The number of methoxy groups -OCH3 is 1. The molecule has 1 heterocycles. The van der Waals surface area contributed by atoms with Gasteiger partial charge in [-0.1, -0.05) is 13.8 Å². The Kier molecular flexibility index (Phi) is 8.24. The van der Waals surface area contributed by atoms with Crippen molar-refractivity contribution >= 4 is 27.5 Å². The SMILES string of the molecule is COc1ccc(NC(=O)[C@H](NC(=O)c2ccc(F)cc2)C(C)C)cc1S(=O)(=O)N1CCOCC1. The van der Waals surface area contributed by atoms with Crippen LogP contribution in [0.2, 0.25) is 0 Å². The number of amides is 2. The van der Waals surface area contributed by atoms with Crippen molar-refractivity contribution in [1.29, 1.82) is 0 Å². The van der Waals surface area contributed by atoms with Crippen molar-refractivity contribution in [2.45, 2.75) is 24.8 Å². The van der Waals surface area contributed by atoms with Gasteiger partial charge in [-0.2, -0.15) is 4.31 Å². The smallest absolute Gasteiger partial charge is 0.251 e. The number of morpholine rings is 1. The lowest BCUT2D eigenvalue weighted by Gasteiger charge is -2.27. The molecule has 2 aromatic carbocycles. The van der Waals surface area contributed by atoms with E-state index in [2.05, 4.69) is 10.6 Å². The lowest BCUT2D eigenvalue weighted by atomic mass is 10.0. The number of rotatable bonds is 8. The summed E-state index contributed by atoms with van der Waals surface area (Å²) in [5.74, 6) is -1.66. The normalized spacial score (nSPS) is 15.6. The van der Waals surface area contributed by atoms with E-state index in [1.807, 2.05) is 0 Å². The summed E-state index contributed by atoms with van der Waals surface area (Å²) in [6.45, 7) is 4.54. The molecule has 1 saturated heterocycles. The van der Waals surface area contributed by atoms with Crippen LogP contribution in [-0.2, 0) is 19.6 Å². The summed E-state index contributed by atoms with van der Waals surface area (Å²) in [6.07, 6.45) is 0. The van der Waals surface area contributed by atoms with Crippen LogP contribution in [0.1, 0.15) is 24.2 Å². The number of nitrogens with one attached hydrogen (secondary N) is 2. The zero-order valence-electron chi connectivity index (χ0n) is 19.2. The molecule has 2 N–H and O–H groups in total. The second-order valence-electron chi connectivity index (χ2n) is 8.07. The molecule has 0 spiro atoms. The Labute approximate surface area is 198 Å². The van der Waals surface area contributed by atoms with Crippen LogP contribution in [-0.4, -0.2) is 64.0 Å². The maximum Gasteiger partial charge on any atom is 0.251 e. The van der Waals surface area contributed by atoms with E-state index in [1.165, 1.54) is 41.7 Å². The first-order valence-corrected chi connectivity index (χ1v) is 12.2. The van der Waals surface area contributed by atoms with Crippen LogP contribution >= 0.6 is 0 Å². The molecule has 2 amide bonds. The van der Waals surface area contributed by atoms with Crippen molar-refractivity contribution in [3.8, 4) is 5.75 Å². The summed E-state index contributed by atoms with van der Waals surface area (Å²) >= 11 is 0. The third-order valence-electron chi connectivity index (χ3n) is 5.36. The first kappa shape index (κ1) is 25.6. The van der Waals surface area contributed by atoms with Crippen LogP contribution in [0.5, 0.6) is 5.75 Å². The van der Waals surface area contributed by atoms with Crippen LogP contribution in [0.25, 0.3) is 0 Å². The molecule has 34 heavy (non-hydrogen) atoms. The zero-order chi connectivity index (χ0) is 24.9. The minimum absolute atomic E-state index is 0.0776. The van der Waals surface area contributed by atoms with E-state index in [1.54, 1.807) is 13.8 Å². The molecule has 0 unspecified atom stereocenters. The van der Waals surface area contributed by atoms with E-state index < -0.39 is 33.7 Å². The number of ether oxygens (including phenoxy) is 2. The largest absolute Gasteiger partial charge is 0.495 e. The Hall–Kier alpha value is -3.02. The number of anilines is 1. The minimum Gasteiger partial charge on any atom is -0.495 e. The Morgan fingerprint density at radius 3 is 2.32 bits per heavy atom. The number of carbonyl (C=O) groups excluding carboxylic acids is 2. The predicted molar refractivity (Wildman–Crippen MR) is 124 cm³/mol. The first-order valence-electron chi connectivity index (χ1n) is 10.8. The molecule has 0 aliphatic carbocycles. The lowest BCUT2D eigenvalue weighted by Crippen LogP contribution is -2.47. The maximum absolute atomic E-state index is 13.2. The second kappa shape index (κ2) is 10.9. The van der Waals surface area contributed by atoms with Crippen LogP contribution in [0.15, 0.2) is 47.4 Å². The number of sulfonamides is 1. The van der Waals surface area contributed by atoms with Crippen molar-refractivity contribution in [3.05, 3.63) is 53.8 Å². The highest BCUT2D eigenvalue weighted by atomic mass is 32.2. The van der Waals surface area contributed by atoms with E-state index in [4.69, 9.17) is 9.47 Å². The van der Waals surface area contributed by atoms with Gasteiger partial charge in [0.1, 0.15) is 22.5 Å². The van der Waals surface area contributed by atoms with Gasteiger partial charge in [0.25, 0.3) is 5.91 Å². The number of hydrogen-bond donors (Lipinski definition) is 2. The Balaban J connectivity index is 1.81. The van der Waals surface area contributed by atoms with E-state index >= 15 is 0 Å². The van der Waals surface area contributed by atoms with Gasteiger partial charge in [0.05, 0.1) is 20.3 Å². The number of benzene rings is 2. The van der Waals surface area contributed by atoms with E-state index in [0.29, 0.717) is 13.2 Å². The van der Waals surface area contributed by atoms with Gasteiger partial charge in [-0.05, 0) is 48.4 Å². The molecule has 11 heteroatoms.